The number of aromatic nitrogens is 7. The van der Waals surface area contributed by atoms with Crippen LogP contribution in [0.3, 0.4) is 0 Å². The standard InChI is InChI=1S/C19H17N9OS/c1-27-16-12(17-18(27)25-15(30-17)6-10(21)4-5-20)7-23-28(19(16)29)9-11-2-3-13-14(24-11)8-22-26-13/h2-5,7-8,21H,6,9,20H2,1H3,(H,22,26)/b5-4-,21-10?. The summed E-state index contributed by atoms with van der Waals surface area (Å²) in [7, 11) is 1.82. The van der Waals surface area contributed by atoms with Gasteiger partial charge in [-0.3, -0.25) is 9.89 Å². The lowest BCUT2D eigenvalue weighted by Crippen LogP contribution is -2.24. The number of hydrogen-bond acceptors (Lipinski definition) is 8. The maximum atomic E-state index is 13.1. The summed E-state index contributed by atoms with van der Waals surface area (Å²) in [5.74, 6) is 0. The minimum atomic E-state index is -0.199. The second kappa shape index (κ2) is 6.88. The Hall–Kier alpha value is -3.86. The largest absolute Gasteiger partial charge is 0.405 e. The molecule has 0 aliphatic rings. The van der Waals surface area contributed by atoms with Crippen molar-refractivity contribution in [3.05, 3.63) is 57.9 Å². The third-order valence-corrected chi connectivity index (χ3v) is 5.95. The maximum Gasteiger partial charge on any atom is 0.291 e. The van der Waals surface area contributed by atoms with Crippen LogP contribution in [0.25, 0.3) is 32.3 Å². The number of fused-ring (bicyclic) bond motifs is 4. The fourth-order valence-electron chi connectivity index (χ4n) is 3.47. The van der Waals surface area contributed by atoms with E-state index in [0.717, 1.165) is 31.8 Å². The highest BCUT2D eigenvalue weighted by molar-refractivity contribution is 7.19. The molecule has 0 fully saturated rings. The zero-order valence-electron chi connectivity index (χ0n) is 16.0. The summed E-state index contributed by atoms with van der Waals surface area (Å²) in [5, 5.41) is 20.6. The molecule has 150 valence electrons. The number of nitrogens with zero attached hydrogens (tertiary/aromatic N) is 6. The molecule has 5 aromatic rings. The lowest BCUT2D eigenvalue weighted by atomic mass is 10.3. The summed E-state index contributed by atoms with van der Waals surface area (Å²) in [6.07, 6.45) is 6.62. The van der Waals surface area contributed by atoms with E-state index in [1.165, 1.54) is 22.2 Å². The zero-order valence-corrected chi connectivity index (χ0v) is 16.8. The third-order valence-electron chi connectivity index (χ3n) is 4.87. The molecule has 0 saturated heterocycles. The number of nitrogens with one attached hydrogen (secondary N) is 2. The van der Waals surface area contributed by atoms with E-state index in [4.69, 9.17) is 11.1 Å². The number of H-pyrrole nitrogens is 1. The molecule has 0 radical (unpaired) electrons. The van der Waals surface area contributed by atoms with Crippen LogP contribution in [0.5, 0.6) is 0 Å². The number of nitrogens with two attached hydrogens (primary N) is 1. The van der Waals surface area contributed by atoms with Crippen LogP contribution in [0, 0.1) is 5.41 Å². The second-order valence-electron chi connectivity index (χ2n) is 6.86. The van der Waals surface area contributed by atoms with Crippen molar-refractivity contribution in [1.29, 1.82) is 5.41 Å². The van der Waals surface area contributed by atoms with Crippen molar-refractivity contribution in [3.8, 4) is 0 Å². The molecule has 0 unspecified atom stereocenters. The molecule has 5 aromatic heterocycles. The Balaban J connectivity index is 1.55. The molecule has 0 bridgehead atoms. The fourth-order valence-corrected chi connectivity index (χ4v) is 4.60. The summed E-state index contributed by atoms with van der Waals surface area (Å²) in [4.78, 5) is 22.3. The van der Waals surface area contributed by atoms with Gasteiger partial charge in [-0.1, -0.05) is 0 Å². The number of allylic oxidation sites excluding steroid dienone is 1. The van der Waals surface area contributed by atoms with Crippen molar-refractivity contribution in [2.45, 2.75) is 13.0 Å². The van der Waals surface area contributed by atoms with Crippen molar-refractivity contribution in [1.82, 2.24) is 34.5 Å². The number of rotatable bonds is 5. The summed E-state index contributed by atoms with van der Waals surface area (Å²) >= 11 is 1.46. The van der Waals surface area contributed by atoms with Crippen LogP contribution in [0.15, 0.2) is 41.6 Å². The monoisotopic (exact) mass is 419 g/mol. The van der Waals surface area contributed by atoms with Gasteiger partial charge in [0, 0.05) is 24.6 Å². The molecule has 0 atom stereocenters. The molecule has 0 aliphatic carbocycles. The van der Waals surface area contributed by atoms with Crippen molar-refractivity contribution in [2.24, 2.45) is 12.8 Å². The van der Waals surface area contributed by atoms with E-state index >= 15 is 0 Å². The molecular weight excluding hydrogens is 402 g/mol. The lowest BCUT2D eigenvalue weighted by molar-refractivity contribution is 0.634. The van der Waals surface area contributed by atoms with Crippen LogP contribution in [0.4, 0.5) is 0 Å². The van der Waals surface area contributed by atoms with E-state index in [9.17, 15) is 4.79 Å². The van der Waals surface area contributed by atoms with Gasteiger partial charge in [0.05, 0.1) is 34.8 Å². The SMILES string of the molecule is Cn1c2nc(CC(=N)/C=C\N)sc2c2cnn(Cc3ccc4[nH]ncc4n3)c(=O)c21. The Morgan fingerprint density at radius 2 is 2.20 bits per heavy atom. The Kier molecular flexibility index (Phi) is 4.17. The van der Waals surface area contributed by atoms with E-state index in [-0.39, 0.29) is 12.1 Å². The molecule has 4 N–H and O–H groups in total. The van der Waals surface area contributed by atoms with Crippen molar-refractivity contribution < 1.29 is 0 Å². The number of aryl methyl sites for hydroxylation is 1. The number of aromatic amines is 1. The van der Waals surface area contributed by atoms with E-state index in [1.54, 1.807) is 23.0 Å². The summed E-state index contributed by atoms with van der Waals surface area (Å²) < 4.78 is 4.09. The quantitative estimate of drug-likeness (QED) is 0.370. The van der Waals surface area contributed by atoms with Gasteiger partial charge < -0.3 is 15.7 Å². The first-order valence-electron chi connectivity index (χ1n) is 9.14. The first-order valence-corrected chi connectivity index (χ1v) is 9.95. The van der Waals surface area contributed by atoms with Crippen LogP contribution in [-0.4, -0.2) is 40.2 Å². The average Bonchev–Trinajstić information content (AvgIpc) is 3.40. The first-order chi connectivity index (χ1) is 14.5. The highest BCUT2D eigenvalue weighted by Crippen LogP contribution is 2.31. The highest BCUT2D eigenvalue weighted by atomic mass is 32.1. The molecule has 10 nitrogen and oxygen atoms in total. The smallest absolute Gasteiger partial charge is 0.291 e. The highest BCUT2D eigenvalue weighted by Gasteiger charge is 2.18. The lowest BCUT2D eigenvalue weighted by Gasteiger charge is -2.05. The molecule has 0 aliphatic heterocycles. The van der Waals surface area contributed by atoms with Crippen LogP contribution in [0.1, 0.15) is 10.7 Å². The van der Waals surface area contributed by atoms with Crippen molar-refractivity contribution in [3.63, 3.8) is 0 Å². The van der Waals surface area contributed by atoms with Gasteiger partial charge >= 0.3 is 0 Å². The molecule has 0 aromatic carbocycles. The Bertz CT molecular complexity index is 1520. The van der Waals surface area contributed by atoms with Gasteiger partial charge in [-0.2, -0.15) is 10.2 Å². The van der Waals surface area contributed by atoms with E-state index in [2.05, 4.69) is 25.3 Å². The third kappa shape index (κ3) is 2.87. The molecule has 0 amide bonds. The predicted molar refractivity (Wildman–Crippen MR) is 116 cm³/mol. The molecule has 11 heteroatoms. The molecule has 5 heterocycles. The second-order valence-corrected chi connectivity index (χ2v) is 7.94. The zero-order chi connectivity index (χ0) is 20.8. The molecule has 30 heavy (non-hydrogen) atoms. The number of pyridine rings is 1. The van der Waals surface area contributed by atoms with Crippen LogP contribution in [-0.2, 0) is 20.0 Å². The number of hydrogen-bond donors (Lipinski definition) is 3. The maximum absolute atomic E-state index is 13.1. The van der Waals surface area contributed by atoms with Gasteiger partial charge in [-0.25, -0.2) is 14.6 Å². The average molecular weight is 419 g/mol. The molecule has 0 saturated carbocycles. The molecular formula is C19H17N9OS. The first kappa shape index (κ1) is 18.2. The predicted octanol–water partition coefficient (Wildman–Crippen LogP) is 1.70. The minimum absolute atomic E-state index is 0.199. The Labute approximate surface area is 173 Å². The van der Waals surface area contributed by atoms with Crippen LogP contribution < -0.4 is 11.3 Å². The van der Waals surface area contributed by atoms with E-state index in [0.29, 0.717) is 23.3 Å². The van der Waals surface area contributed by atoms with Gasteiger partial charge in [0.1, 0.15) is 16.0 Å². The normalized spacial score (nSPS) is 12.0. The summed E-state index contributed by atoms with van der Waals surface area (Å²) in [5.41, 5.74) is 9.09. The van der Waals surface area contributed by atoms with E-state index in [1.807, 2.05) is 19.2 Å². The minimum Gasteiger partial charge on any atom is -0.405 e. The summed E-state index contributed by atoms with van der Waals surface area (Å²) in [6, 6.07) is 3.73. The van der Waals surface area contributed by atoms with Gasteiger partial charge in [0.15, 0.2) is 5.65 Å². The molecule has 5 rings (SSSR count). The topological polar surface area (TPSA) is 144 Å². The van der Waals surface area contributed by atoms with E-state index < -0.39 is 0 Å². The number of thiazole rings is 1. The summed E-state index contributed by atoms with van der Waals surface area (Å²) in [6.45, 7) is 0.260. The van der Waals surface area contributed by atoms with Gasteiger partial charge in [0.25, 0.3) is 5.56 Å². The molecule has 0 spiro atoms. The van der Waals surface area contributed by atoms with Crippen molar-refractivity contribution >= 4 is 49.3 Å². The van der Waals surface area contributed by atoms with Crippen LogP contribution >= 0.6 is 11.3 Å². The van der Waals surface area contributed by atoms with Crippen molar-refractivity contribution in [2.75, 3.05) is 0 Å². The Morgan fingerprint density at radius 3 is 3.03 bits per heavy atom. The van der Waals surface area contributed by atoms with Gasteiger partial charge in [-0.05, 0) is 24.4 Å². The Morgan fingerprint density at radius 1 is 1.33 bits per heavy atom. The fraction of sp³-hybridized carbons (Fsp3) is 0.158. The van der Waals surface area contributed by atoms with Crippen LogP contribution in [0.2, 0.25) is 0 Å². The van der Waals surface area contributed by atoms with Gasteiger partial charge in [0.2, 0.25) is 0 Å². The van der Waals surface area contributed by atoms with Gasteiger partial charge in [-0.15, -0.1) is 11.3 Å².